The Bertz CT molecular complexity index is 1340. The van der Waals surface area contributed by atoms with Gasteiger partial charge in [0.25, 0.3) is 0 Å². The molecule has 5 rings (SSSR count). The Morgan fingerprint density at radius 1 is 1.03 bits per heavy atom. The molecule has 2 aromatic heterocycles. The van der Waals surface area contributed by atoms with Gasteiger partial charge >= 0.3 is 0 Å². The smallest absolute Gasteiger partial charge is 0.128 e. The van der Waals surface area contributed by atoms with Crippen molar-refractivity contribution in [3.05, 3.63) is 77.1 Å². The minimum atomic E-state index is 0.476. The average molecular weight is 531 g/mol. The van der Waals surface area contributed by atoms with Gasteiger partial charge in [-0.25, -0.2) is 9.67 Å². The first-order chi connectivity index (χ1) is 18.5. The summed E-state index contributed by atoms with van der Waals surface area (Å²) in [7, 11) is 4.19. The lowest BCUT2D eigenvalue weighted by atomic mass is 9.86. The van der Waals surface area contributed by atoms with Crippen LogP contribution in [0.4, 0.5) is 11.5 Å². The summed E-state index contributed by atoms with van der Waals surface area (Å²) >= 11 is 6.09. The van der Waals surface area contributed by atoms with Gasteiger partial charge in [0.05, 0.1) is 17.4 Å². The molecular weight excluding hydrogens is 492 g/mol. The number of para-hydroxylation sites is 1. The normalized spacial score (nSPS) is 17.6. The molecule has 1 aliphatic carbocycles. The summed E-state index contributed by atoms with van der Waals surface area (Å²) in [6.45, 7) is 4.12. The number of hydrogen-bond acceptors (Lipinski definition) is 5. The van der Waals surface area contributed by atoms with Crippen molar-refractivity contribution in [3.63, 3.8) is 0 Å². The van der Waals surface area contributed by atoms with Gasteiger partial charge in [-0.15, -0.1) is 0 Å². The third-order valence-corrected chi connectivity index (χ3v) is 7.89. The molecule has 2 N–H and O–H groups in total. The molecule has 2 heterocycles. The molecule has 7 heteroatoms. The van der Waals surface area contributed by atoms with Crippen LogP contribution in [0.25, 0.3) is 16.6 Å². The third kappa shape index (κ3) is 6.13. The first kappa shape index (κ1) is 26.5. The van der Waals surface area contributed by atoms with Gasteiger partial charge in [-0.3, -0.25) is 0 Å². The third-order valence-electron chi connectivity index (χ3n) is 7.64. The van der Waals surface area contributed by atoms with E-state index in [-0.39, 0.29) is 0 Å². The van der Waals surface area contributed by atoms with Crippen molar-refractivity contribution < 1.29 is 0 Å². The summed E-state index contributed by atoms with van der Waals surface area (Å²) in [6.07, 6.45) is 8.92. The van der Waals surface area contributed by atoms with Crippen molar-refractivity contribution in [1.82, 2.24) is 20.1 Å². The summed E-state index contributed by atoms with van der Waals surface area (Å²) in [5.74, 6) is 1.69. The van der Waals surface area contributed by atoms with Crippen LogP contribution in [0.1, 0.15) is 50.3 Å². The van der Waals surface area contributed by atoms with E-state index in [2.05, 4.69) is 71.6 Å². The Hall–Kier alpha value is -3.09. The number of anilines is 2. The zero-order valence-electron chi connectivity index (χ0n) is 22.8. The molecule has 0 unspecified atom stereocenters. The molecule has 0 bridgehead atoms. The summed E-state index contributed by atoms with van der Waals surface area (Å²) < 4.78 is 2.07. The van der Waals surface area contributed by atoms with Crippen LogP contribution in [0.2, 0.25) is 5.02 Å². The van der Waals surface area contributed by atoms with Gasteiger partial charge < -0.3 is 15.5 Å². The second-order valence-electron chi connectivity index (χ2n) is 10.7. The zero-order chi connectivity index (χ0) is 26.5. The monoisotopic (exact) mass is 530 g/mol. The molecule has 0 aliphatic heterocycles. The Morgan fingerprint density at radius 3 is 2.53 bits per heavy atom. The lowest BCUT2D eigenvalue weighted by Crippen LogP contribution is -2.31. The quantitative estimate of drug-likeness (QED) is 0.235. The highest BCUT2D eigenvalue weighted by atomic mass is 35.5. The van der Waals surface area contributed by atoms with Crippen LogP contribution in [-0.4, -0.2) is 41.4 Å². The van der Waals surface area contributed by atoms with Gasteiger partial charge in [-0.05, 0) is 74.9 Å². The number of pyridine rings is 1. The van der Waals surface area contributed by atoms with Crippen molar-refractivity contribution in [1.29, 1.82) is 0 Å². The maximum Gasteiger partial charge on any atom is 0.128 e. The fraction of sp³-hybridized carbons (Fsp3) is 0.419. The zero-order valence-corrected chi connectivity index (χ0v) is 23.5. The summed E-state index contributed by atoms with van der Waals surface area (Å²) in [4.78, 5) is 7.07. The van der Waals surface area contributed by atoms with Gasteiger partial charge in [0, 0.05) is 60.1 Å². The first-order valence-corrected chi connectivity index (χ1v) is 14.3. The number of halogens is 1. The number of nitrogens with one attached hydrogen (secondary N) is 2. The lowest BCUT2D eigenvalue weighted by molar-refractivity contribution is 0.324. The van der Waals surface area contributed by atoms with Crippen LogP contribution in [0.5, 0.6) is 0 Å². The SMILES string of the molecule is CCCc1c(CNC[C@H]2CC[C@@H](Nc3cc(N(C)C)c4ccccc4n3)CC2)cnn1-c1ccc(Cl)cc1. The summed E-state index contributed by atoms with van der Waals surface area (Å²) in [5.41, 5.74) is 5.89. The maximum absolute atomic E-state index is 6.09. The molecule has 1 fully saturated rings. The molecule has 0 atom stereocenters. The van der Waals surface area contributed by atoms with E-state index in [1.54, 1.807) is 0 Å². The molecule has 4 aromatic rings. The summed E-state index contributed by atoms with van der Waals surface area (Å²) in [6, 6.07) is 19.0. The second kappa shape index (κ2) is 12.2. The largest absolute Gasteiger partial charge is 0.377 e. The van der Waals surface area contributed by atoms with E-state index in [0.29, 0.717) is 12.0 Å². The molecule has 38 heavy (non-hydrogen) atoms. The van der Waals surface area contributed by atoms with E-state index in [0.717, 1.165) is 48.0 Å². The molecule has 0 amide bonds. The van der Waals surface area contributed by atoms with Gasteiger partial charge in [-0.2, -0.15) is 5.10 Å². The van der Waals surface area contributed by atoms with Crippen molar-refractivity contribution in [2.24, 2.45) is 5.92 Å². The maximum atomic E-state index is 6.09. The Labute approximate surface area is 231 Å². The fourth-order valence-electron chi connectivity index (χ4n) is 5.60. The van der Waals surface area contributed by atoms with E-state index in [9.17, 15) is 0 Å². The predicted octanol–water partition coefficient (Wildman–Crippen LogP) is 6.85. The summed E-state index contributed by atoms with van der Waals surface area (Å²) in [5, 5.41) is 14.1. The molecule has 1 saturated carbocycles. The number of fused-ring (bicyclic) bond motifs is 1. The van der Waals surface area contributed by atoms with Crippen LogP contribution < -0.4 is 15.5 Å². The van der Waals surface area contributed by atoms with Gasteiger partial charge in [0.15, 0.2) is 0 Å². The van der Waals surface area contributed by atoms with Crippen LogP contribution in [0.15, 0.2) is 60.8 Å². The molecule has 200 valence electrons. The molecule has 0 radical (unpaired) electrons. The van der Waals surface area contributed by atoms with E-state index >= 15 is 0 Å². The highest BCUT2D eigenvalue weighted by Gasteiger charge is 2.22. The fourth-order valence-corrected chi connectivity index (χ4v) is 5.72. The van der Waals surface area contributed by atoms with Gasteiger partial charge in [-0.1, -0.05) is 43.1 Å². The number of nitrogens with zero attached hydrogens (tertiary/aromatic N) is 4. The van der Waals surface area contributed by atoms with Crippen LogP contribution in [-0.2, 0) is 13.0 Å². The van der Waals surface area contributed by atoms with Crippen molar-refractivity contribution in [3.8, 4) is 5.69 Å². The first-order valence-electron chi connectivity index (χ1n) is 13.9. The highest BCUT2D eigenvalue weighted by Crippen LogP contribution is 2.30. The van der Waals surface area contributed by atoms with Crippen molar-refractivity contribution >= 4 is 34.0 Å². The number of rotatable bonds is 10. The average Bonchev–Trinajstić information content (AvgIpc) is 3.32. The van der Waals surface area contributed by atoms with E-state index < -0.39 is 0 Å². The minimum Gasteiger partial charge on any atom is -0.377 e. The molecule has 2 aromatic carbocycles. The van der Waals surface area contributed by atoms with E-state index in [1.165, 1.54) is 48.0 Å². The number of benzene rings is 2. The topological polar surface area (TPSA) is 58.0 Å². The minimum absolute atomic E-state index is 0.476. The van der Waals surface area contributed by atoms with E-state index in [1.807, 2.05) is 30.5 Å². The molecular formula is C31H39ClN6. The molecule has 0 spiro atoms. The highest BCUT2D eigenvalue weighted by molar-refractivity contribution is 6.30. The van der Waals surface area contributed by atoms with Crippen molar-refractivity contribution in [2.45, 2.75) is 58.0 Å². The number of hydrogen-bond donors (Lipinski definition) is 2. The molecule has 6 nitrogen and oxygen atoms in total. The Balaban J connectivity index is 1.14. The molecule has 1 aliphatic rings. The van der Waals surface area contributed by atoms with Gasteiger partial charge in [0.1, 0.15) is 5.82 Å². The predicted molar refractivity (Wildman–Crippen MR) is 160 cm³/mol. The van der Waals surface area contributed by atoms with Gasteiger partial charge in [0.2, 0.25) is 0 Å². The lowest BCUT2D eigenvalue weighted by Gasteiger charge is -2.30. The van der Waals surface area contributed by atoms with Crippen LogP contribution in [0, 0.1) is 5.92 Å². The standard InChI is InChI=1S/C31H39ClN6/c1-4-7-29-23(21-34-38(29)26-16-12-24(32)13-17-26)20-33-19-22-10-14-25(15-11-22)35-31-18-30(37(2)3)27-8-5-6-9-28(27)36-31/h5-6,8-9,12-13,16-18,21-22,25,33H,4,7,10-11,14-15,19-20H2,1-3H3,(H,35,36)/t22-,25+. The Morgan fingerprint density at radius 2 is 1.79 bits per heavy atom. The number of aromatic nitrogens is 3. The van der Waals surface area contributed by atoms with Crippen molar-refractivity contribution in [2.75, 3.05) is 30.9 Å². The van der Waals surface area contributed by atoms with Crippen LogP contribution in [0.3, 0.4) is 0 Å². The van der Waals surface area contributed by atoms with E-state index in [4.69, 9.17) is 21.7 Å². The molecule has 0 saturated heterocycles. The Kier molecular flexibility index (Phi) is 8.50. The second-order valence-corrected chi connectivity index (χ2v) is 11.1. The van der Waals surface area contributed by atoms with Crippen LogP contribution >= 0.6 is 11.6 Å².